The number of nitrogen functional groups attached to an aromatic ring is 1. The number of amides is 1. The van der Waals surface area contributed by atoms with Gasteiger partial charge in [-0.15, -0.1) is 0 Å². The summed E-state index contributed by atoms with van der Waals surface area (Å²) in [5, 5.41) is -0.298. The summed E-state index contributed by atoms with van der Waals surface area (Å²) < 4.78 is 28.0. The van der Waals surface area contributed by atoms with E-state index in [0.717, 1.165) is 24.9 Å². The van der Waals surface area contributed by atoms with Gasteiger partial charge >= 0.3 is 0 Å². The molecule has 5 rings (SSSR count). The molecule has 1 aliphatic heterocycles. The van der Waals surface area contributed by atoms with Gasteiger partial charge in [0.2, 0.25) is 0 Å². The molecule has 1 saturated heterocycles. The van der Waals surface area contributed by atoms with Gasteiger partial charge in [-0.3, -0.25) is 4.79 Å². The summed E-state index contributed by atoms with van der Waals surface area (Å²) in [7, 11) is -4.20. The van der Waals surface area contributed by atoms with Gasteiger partial charge in [0, 0.05) is 18.3 Å². The summed E-state index contributed by atoms with van der Waals surface area (Å²) in [6, 6.07) is 6.08. The normalized spacial score (nSPS) is 27.3. The molecule has 0 radical (unpaired) electrons. The first kappa shape index (κ1) is 22.8. The predicted molar refractivity (Wildman–Crippen MR) is 132 cm³/mol. The van der Waals surface area contributed by atoms with Crippen LogP contribution in [0.4, 0.5) is 11.6 Å². The number of aromatic nitrogens is 2. The Morgan fingerprint density at radius 1 is 1.26 bits per heavy atom. The van der Waals surface area contributed by atoms with Gasteiger partial charge in [0.15, 0.2) is 5.03 Å². The minimum absolute atomic E-state index is 0.0629. The van der Waals surface area contributed by atoms with E-state index in [4.69, 9.17) is 10.7 Å². The molecule has 2 aromatic heterocycles. The van der Waals surface area contributed by atoms with Crippen LogP contribution in [-0.2, 0) is 10.0 Å². The molecule has 1 saturated carbocycles. The van der Waals surface area contributed by atoms with Crippen LogP contribution in [0.2, 0.25) is 0 Å². The summed E-state index contributed by atoms with van der Waals surface area (Å²) in [5.74, 6) is 0.743. The molecule has 0 aromatic carbocycles. The van der Waals surface area contributed by atoms with Gasteiger partial charge in [-0.1, -0.05) is 26.0 Å². The van der Waals surface area contributed by atoms with Crippen molar-refractivity contribution in [2.75, 3.05) is 17.2 Å². The number of carbonyl (C=O) groups is 1. The molecule has 0 bridgehead atoms. The second kappa shape index (κ2) is 7.53. The van der Waals surface area contributed by atoms with E-state index in [9.17, 15) is 13.2 Å². The first-order chi connectivity index (χ1) is 15.9. The minimum Gasteiger partial charge on any atom is -0.384 e. The standard InChI is InChI=1S/C25H31N5O3S/c1-15-11-24(2,3)30(14-15)22-17(10-16(13-27-22)18-12-25(4)9-8-19(18)25)23(31)29-34(32,33)21-7-5-6-20(26)28-21/h5-7,10,12-13,15,19H,8-9,11,14H2,1-4H3,(H2,26,28)(H,29,31). The fourth-order valence-corrected chi connectivity index (χ4v) is 6.78. The number of rotatable bonds is 5. The lowest BCUT2D eigenvalue weighted by atomic mass is 9.49. The molecule has 3 N–H and O–H groups in total. The highest BCUT2D eigenvalue weighted by Gasteiger charge is 2.50. The van der Waals surface area contributed by atoms with Gasteiger partial charge in [0.1, 0.15) is 11.6 Å². The molecule has 2 aliphatic carbocycles. The van der Waals surface area contributed by atoms with Crippen LogP contribution in [0.25, 0.3) is 5.57 Å². The second-order valence-corrected chi connectivity index (χ2v) is 12.5. The van der Waals surface area contributed by atoms with Gasteiger partial charge in [-0.2, -0.15) is 8.42 Å². The van der Waals surface area contributed by atoms with Crippen LogP contribution in [0.1, 0.15) is 62.9 Å². The van der Waals surface area contributed by atoms with Gasteiger partial charge in [0.05, 0.1) is 5.56 Å². The van der Waals surface area contributed by atoms with Crippen molar-refractivity contribution in [1.29, 1.82) is 0 Å². The van der Waals surface area contributed by atoms with Gasteiger partial charge < -0.3 is 10.6 Å². The maximum atomic E-state index is 13.5. The number of allylic oxidation sites excluding steroid dienone is 2. The zero-order valence-electron chi connectivity index (χ0n) is 20.0. The highest BCUT2D eigenvalue weighted by molar-refractivity contribution is 7.90. The van der Waals surface area contributed by atoms with Crippen molar-refractivity contribution >= 4 is 33.1 Å². The lowest BCUT2D eigenvalue weighted by Crippen LogP contribution is -2.44. The quantitative estimate of drug-likeness (QED) is 0.670. The largest absolute Gasteiger partial charge is 0.384 e. The molecular weight excluding hydrogens is 450 g/mol. The van der Waals surface area contributed by atoms with Crippen molar-refractivity contribution in [3.05, 3.63) is 47.7 Å². The number of fused-ring (bicyclic) bond motifs is 1. The van der Waals surface area contributed by atoms with E-state index in [1.165, 1.54) is 30.2 Å². The SMILES string of the molecule is CC1CN(c2ncc(C3=CC4(C)CCC34)cc2C(=O)NS(=O)(=O)c2cccc(N)n2)C(C)(C)C1. The molecule has 3 aliphatic rings. The second-order valence-electron chi connectivity index (χ2n) is 10.9. The van der Waals surface area contributed by atoms with Crippen LogP contribution >= 0.6 is 0 Å². The number of carbonyl (C=O) groups excluding carboxylic acids is 1. The zero-order valence-corrected chi connectivity index (χ0v) is 20.8. The third-order valence-corrected chi connectivity index (χ3v) is 8.88. The van der Waals surface area contributed by atoms with Gasteiger partial charge in [-0.05, 0) is 79.7 Å². The van der Waals surface area contributed by atoms with Crippen molar-refractivity contribution in [3.8, 4) is 0 Å². The molecule has 3 heterocycles. The maximum absolute atomic E-state index is 13.5. The first-order valence-corrected chi connectivity index (χ1v) is 13.2. The molecule has 180 valence electrons. The Hall–Kier alpha value is -2.94. The molecule has 34 heavy (non-hydrogen) atoms. The Bertz CT molecular complexity index is 1320. The number of nitrogens with two attached hydrogens (primary N) is 1. The third kappa shape index (κ3) is 3.66. The highest BCUT2D eigenvalue weighted by atomic mass is 32.2. The Kier molecular flexibility index (Phi) is 5.06. The third-order valence-electron chi connectivity index (χ3n) is 7.65. The van der Waals surface area contributed by atoms with E-state index < -0.39 is 15.9 Å². The number of hydrogen-bond acceptors (Lipinski definition) is 7. The fourth-order valence-electron chi connectivity index (χ4n) is 5.84. The van der Waals surface area contributed by atoms with E-state index >= 15 is 0 Å². The number of nitrogens with one attached hydrogen (secondary N) is 1. The Morgan fingerprint density at radius 3 is 2.59 bits per heavy atom. The van der Waals surface area contributed by atoms with Crippen molar-refractivity contribution in [1.82, 2.24) is 14.7 Å². The molecular formula is C25H31N5O3S. The number of pyridine rings is 2. The lowest BCUT2D eigenvalue weighted by molar-refractivity contribution is 0.0981. The average Bonchev–Trinajstić information content (AvgIpc) is 3.03. The molecule has 2 fully saturated rings. The minimum atomic E-state index is -4.20. The van der Waals surface area contributed by atoms with Crippen LogP contribution in [0.3, 0.4) is 0 Å². The topological polar surface area (TPSA) is 118 Å². The predicted octanol–water partition coefficient (Wildman–Crippen LogP) is 3.62. The van der Waals surface area contributed by atoms with Crippen LogP contribution in [0.15, 0.2) is 41.6 Å². The molecule has 8 nitrogen and oxygen atoms in total. The Balaban J connectivity index is 1.54. The van der Waals surface area contributed by atoms with Crippen molar-refractivity contribution < 1.29 is 13.2 Å². The van der Waals surface area contributed by atoms with Crippen LogP contribution in [0, 0.1) is 17.3 Å². The first-order valence-electron chi connectivity index (χ1n) is 11.7. The highest BCUT2D eigenvalue weighted by Crippen LogP contribution is 2.62. The lowest BCUT2D eigenvalue weighted by Gasteiger charge is -2.55. The van der Waals surface area contributed by atoms with E-state index in [1.807, 2.05) is 6.20 Å². The number of sulfonamides is 1. The molecule has 1 amide bonds. The number of anilines is 2. The van der Waals surface area contributed by atoms with Crippen molar-refractivity contribution in [2.24, 2.45) is 17.3 Å². The maximum Gasteiger partial charge on any atom is 0.281 e. The number of nitrogens with zero attached hydrogens (tertiary/aromatic N) is 3. The Labute approximate surface area is 200 Å². The Morgan fingerprint density at radius 2 is 2.03 bits per heavy atom. The summed E-state index contributed by atoms with van der Waals surface area (Å²) in [6.45, 7) is 9.40. The van der Waals surface area contributed by atoms with E-state index in [2.05, 4.69) is 48.4 Å². The van der Waals surface area contributed by atoms with Gasteiger partial charge in [-0.25, -0.2) is 14.7 Å². The summed E-state index contributed by atoms with van der Waals surface area (Å²) in [6.07, 6.45) is 7.33. The van der Waals surface area contributed by atoms with Crippen molar-refractivity contribution in [2.45, 2.75) is 57.5 Å². The van der Waals surface area contributed by atoms with Crippen LogP contribution < -0.4 is 15.4 Å². The summed E-state index contributed by atoms with van der Waals surface area (Å²) in [4.78, 5) is 24.2. The fraction of sp³-hybridized carbons (Fsp3) is 0.480. The molecule has 9 heteroatoms. The zero-order chi connectivity index (χ0) is 24.5. The smallest absolute Gasteiger partial charge is 0.281 e. The van der Waals surface area contributed by atoms with Crippen LogP contribution in [-0.4, -0.2) is 36.4 Å². The summed E-state index contributed by atoms with van der Waals surface area (Å²) in [5.41, 5.74) is 8.00. The van der Waals surface area contributed by atoms with E-state index in [0.29, 0.717) is 17.7 Å². The number of hydrogen-bond donors (Lipinski definition) is 2. The van der Waals surface area contributed by atoms with Crippen molar-refractivity contribution in [3.63, 3.8) is 0 Å². The average molecular weight is 482 g/mol. The molecule has 3 atom stereocenters. The van der Waals surface area contributed by atoms with E-state index in [-0.39, 0.29) is 27.4 Å². The monoisotopic (exact) mass is 481 g/mol. The molecule has 0 spiro atoms. The van der Waals surface area contributed by atoms with Crippen LogP contribution in [0.5, 0.6) is 0 Å². The van der Waals surface area contributed by atoms with Gasteiger partial charge in [0.25, 0.3) is 15.9 Å². The molecule has 2 aromatic rings. The molecule has 3 unspecified atom stereocenters. The van der Waals surface area contributed by atoms with E-state index in [1.54, 1.807) is 6.07 Å². The summed E-state index contributed by atoms with van der Waals surface area (Å²) >= 11 is 0.